The van der Waals surface area contributed by atoms with Crippen molar-refractivity contribution in [2.45, 2.75) is 25.3 Å². The molecule has 0 radical (unpaired) electrons. The first-order valence-electron chi connectivity index (χ1n) is 5.54. The molecular formula is C10H17N3O2S. The molecule has 1 saturated carbocycles. The lowest BCUT2D eigenvalue weighted by Crippen LogP contribution is -2.06. The van der Waals surface area contributed by atoms with Crippen molar-refractivity contribution in [3.05, 3.63) is 5.82 Å². The maximum atomic E-state index is 5.36. The van der Waals surface area contributed by atoms with E-state index in [9.17, 15) is 0 Å². The number of rotatable bonds is 8. The van der Waals surface area contributed by atoms with Gasteiger partial charge in [0.2, 0.25) is 5.13 Å². The quantitative estimate of drug-likeness (QED) is 0.698. The lowest BCUT2D eigenvalue weighted by Gasteiger charge is -2.00. The van der Waals surface area contributed by atoms with E-state index in [0.29, 0.717) is 25.9 Å². The van der Waals surface area contributed by atoms with E-state index >= 15 is 0 Å². The van der Waals surface area contributed by atoms with Crippen LogP contribution in [0.15, 0.2) is 0 Å². The van der Waals surface area contributed by atoms with Crippen LogP contribution in [0.3, 0.4) is 0 Å². The Morgan fingerprint density at radius 1 is 1.38 bits per heavy atom. The summed E-state index contributed by atoms with van der Waals surface area (Å²) >= 11 is 1.43. The van der Waals surface area contributed by atoms with Gasteiger partial charge in [-0.25, -0.2) is 4.98 Å². The molecule has 0 atom stereocenters. The smallest absolute Gasteiger partial charge is 0.202 e. The summed E-state index contributed by atoms with van der Waals surface area (Å²) in [6.07, 6.45) is 3.29. The molecule has 90 valence electrons. The molecule has 1 N–H and O–H groups in total. The highest BCUT2D eigenvalue weighted by Crippen LogP contribution is 2.25. The summed E-state index contributed by atoms with van der Waals surface area (Å²) in [5, 5.41) is 4.27. The van der Waals surface area contributed by atoms with Crippen LogP contribution in [-0.2, 0) is 15.9 Å². The van der Waals surface area contributed by atoms with E-state index in [4.69, 9.17) is 9.47 Å². The van der Waals surface area contributed by atoms with Crippen LogP contribution in [-0.4, -0.2) is 42.3 Å². The second-order valence-electron chi connectivity index (χ2n) is 3.79. The van der Waals surface area contributed by atoms with Crippen molar-refractivity contribution < 1.29 is 9.47 Å². The van der Waals surface area contributed by atoms with E-state index in [0.717, 1.165) is 17.4 Å². The Morgan fingerprint density at radius 2 is 2.25 bits per heavy atom. The minimum Gasteiger partial charge on any atom is -0.382 e. The molecule has 1 aromatic heterocycles. The number of nitrogens with one attached hydrogen (secondary N) is 1. The van der Waals surface area contributed by atoms with Crippen molar-refractivity contribution in [2.24, 2.45) is 0 Å². The van der Waals surface area contributed by atoms with Crippen LogP contribution in [0.25, 0.3) is 0 Å². The predicted octanol–water partition coefficient (Wildman–Crippen LogP) is 1.32. The molecular weight excluding hydrogens is 226 g/mol. The summed E-state index contributed by atoms with van der Waals surface area (Å²) in [4.78, 5) is 4.39. The molecule has 0 bridgehead atoms. The molecule has 0 saturated heterocycles. The third-order valence-electron chi connectivity index (χ3n) is 2.27. The summed E-state index contributed by atoms with van der Waals surface area (Å²) in [5.74, 6) is 0.866. The highest BCUT2D eigenvalue weighted by molar-refractivity contribution is 7.09. The van der Waals surface area contributed by atoms with Crippen molar-refractivity contribution in [1.29, 1.82) is 0 Å². The zero-order valence-electron chi connectivity index (χ0n) is 9.44. The molecule has 0 unspecified atom stereocenters. The molecule has 6 heteroatoms. The van der Waals surface area contributed by atoms with E-state index in [1.807, 2.05) is 0 Å². The molecule has 1 aliphatic rings. The molecule has 5 nitrogen and oxygen atoms in total. The SMILES string of the molecule is COCCOCCc1nsc(NC2CC2)n1. The van der Waals surface area contributed by atoms with E-state index < -0.39 is 0 Å². The van der Waals surface area contributed by atoms with Crippen molar-refractivity contribution in [2.75, 3.05) is 32.2 Å². The number of aromatic nitrogens is 2. The summed E-state index contributed by atoms with van der Waals surface area (Å²) in [5.41, 5.74) is 0. The van der Waals surface area contributed by atoms with Crippen LogP contribution < -0.4 is 5.32 Å². The maximum Gasteiger partial charge on any atom is 0.202 e. The fraction of sp³-hybridized carbons (Fsp3) is 0.800. The lowest BCUT2D eigenvalue weighted by molar-refractivity contribution is 0.0717. The number of methoxy groups -OCH3 is 1. The van der Waals surface area contributed by atoms with Gasteiger partial charge in [0.25, 0.3) is 0 Å². The van der Waals surface area contributed by atoms with Crippen molar-refractivity contribution in [3.63, 3.8) is 0 Å². The molecule has 0 amide bonds. The summed E-state index contributed by atoms with van der Waals surface area (Å²) < 4.78 is 14.5. The average molecular weight is 243 g/mol. The van der Waals surface area contributed by atoms with Gasteiger partial charge in [0.05, 0.1) is 19.8 Å². The lowest BCUT2D eigenvalue weighted by atomic mass is 10.4. The predicted molar refractivity (Wildman–Crippen MR) is 63.0 cm³/mol. The van der Waals surface area contributed by atoms with Gasteiger partial charge >= 0.3 is 0 Å². The Labute approximate surface area is 99.3 Å². The van der Waals surface area contributed by atoms with Gasteiger partial charge in [0.1, 0.15) is 5.82 Å². The molecule has 1 fully saturated rings. The van der Waals surface area contributed by atoms with Crippen LogP contribution in [0.1, 0.15) is 18.7 Å². The maximum absolute atomic E-state index is 5.36. The van der Waals surface area contributed by atoms with Gasteiger partial charge < -0.3 is 14.8 Å². The molecule has 0 spiro atoms. The fourth-order valence-electron chi connectivity index (χ4n) is 1.22. The van der Waals surface area contributed by atoms with Crippen molar-refractivity contribution >= 4 is 16.7 Å². The molecule has 0 aliphatic heterocycles. The minimum atomic E-state index is 0.633. The van der Waals surface area contributed by atoms with Gasteiger partial charge in [-0.15, -0.1) is 0 Å². The van der Waals surface area contributed by atoms with Gasteiger partial charge in [-0.3, -0.25) is 0 Å². The van der Waals surface area contributed by atoms with Gasteiger partial charge in [-0.05, 0) is 12.8 Å². The first-order chi connectivity index (χ1) is 7.88. The Balaban J connectivity index is 1.62. The normalized spacial score (nSPS) is 15.3. The Hall–Kier alpha value is -0.720. The van der Waals surface area contributed by atoms with E-state index in [1.165, 1.54) is 24.4 Å². The number of ether oxygens (including phenoxy) is 2. The summed E-state index contributed by atoms with van der Waals surface area (Å²) in [7, 11) is 1.67. The van der Waals surface area contributed by atoms with Crippen LogP contribution in [0.2, 0.25) is 0 Å². The Morgan fingerprint density at radius 3 is 3.00 bits per heavy atom. The summed E-state index contributed by atoms with van der Waals surface area (Å²) in [6, 6.07) is 0.638. The Kier molecular flexibility index (Phi) is 4.50. The van der Waals surface area contributed by atoms with Gasteiger partial charge in [0, 0.05) is 31.1 Å². The van der Waals surface area contributed by atoms with Crippen molar-refractivity contribution in [1.82, 2.24) is 9.36 Å². The fourth-order valence-corrected chi connectivity index (χ4v) is 1.91. The molecule has 1 heterocycles. The highest BCUT2D eigenvalue weighted by atomic mass is 32.1. The second-order valence-corrected chi connectivity index (χ2v) is 4.54. The number of hydrogen-bond acceptors (Lipinski definition) is 6. The third kappa shape index (κ3) is 4.03. The monoisotopic (exact) mass is 243 g/mol. The molecule has 1 aromatic rings. The van der Waals surface area contributed by atoms with Gasteiger partial charge in [-0.2, -0.15) is 4.37 Å². The van der Waals surface area contributed by atoms with Crippen LogP contribution >= 0.6 is 11.5 Å². The van der Waals surface area contributed by atoms with Gasteiger partial charge in [-0.1, -0.05) is 0 Å². The average Bonchev–Trinajstić information content (AvgIpc) is 2.98. The first kappa shape index (κ1) is 11.8. The summed E-state index contributed by atoms with van der Waals surface area (Å²) in [6.45, 7) is 1.93. The number of hydrogen-bond donors (Lipinski definition) is 1. The molecule has 0 aromatic carbocycles. The first-order valence-corrected chi connectivity index (χ1v) is 6.31. The van der Waals surface area contributed by atoms with Crippen LogP contribution in [0, 0.1) is 0 Å². The van der Waals surface area contributed by atoms with E-state index in [-0.39, 0.29) is 0 Å². The number of nitrogens with zero attached hydrogens (tertiary/aromatic N) is 2. The standard InChI is InChI=1S/C10H17N3O2S/c1-14-6-7-15-5-4-9-12-10(16-13-9)11-8-2-3-8/h8H,2-7H2,1H3,(H,11,12,13). The Bertz CT molecular complexity index is 315. The zero-order chi connectivity index (χ0) is 11.2. The number of anilines is 1. The van der Waals surface area contributed by atoms with Crippen molar-refractivity contribution in [3.8, 4) is 0 Å². The topological polar surface area (TPSA) is 56.3 Å². The molecule has 2 rings (SSSR count). The minimum absolute atomic E-state index is 0.633. The second kappa shape index (κ2) is 6.12. The molecule has 1 aliphatic carbocycles. The molecule has 16 heavy (non-hydrogen) atoms. The zero-order valence-corrected chi connectivity index (χ0v) is 10.3. The highest BCUT2D eigenvalue weighted by Gasteiger charge is 2.22. The van der Waals surface area contributed by atoms with E-state index in [1.54, 1.807) is 7.11 Å². The van der Waals surface area contributed by atoms with E-state index in [2.05, 4.69) is 14.7 Å². The van der Waals surface area contributed by atoms with Crippen LogP contribution in [0.5, 0.6) is 0 Å². The largest absolute Gasteiger partial charge is 0.382 e. The van der Waals surface area contributed by atoms with Gasteiger partial charge in [0.15, 0.2) is 0 Å². The third-order valence-corrected chi connectivity index (χ3v) is 2.96. The van der Waals surface area contributed by atoms with Crippen LogP contribution in [0.4, 0.5) is 5.13 Å².